The summed E-state index contributed by atoms with van der Waals surface area (Å²) in [5.74, 6) is 0.307. The molecule has 0 aliphatic heterocycles. The van der Waals surface area contributed by atoms with Crippen LogP contribution >= 0.6 is 11.6 Å². The van der Waals surface area contributed by atoms with E-state index in [1.54, 1.807) is 11.0 Å². The second kappa shape index (κ2) is 7.90. The minimum atomic E-state index is -4.40. The van der Waals surface area contributed by atoms with E-state index in [1.807, 2.05) is 13.8 Å². The van der Waals surface area contributed by atoms with Gasteiger partial charge in [-0.1, -0.05) is 19.9 Å². The third kappa shape index (κ3) is 5.40. The van der Waals surface area contributed by atoms with Crippen molar-refractivity contribution in [1.29, 1.82) is 0 Å². The van der Waals surface area contributed by atoms with Crippen molar-refractivity contribution in [1.82, 2.24) is 0 Å². The van der Waals surface area contributed by atoms with Gasteiger partial charge in [0.15, 0.2) is 0 Å². The van der Waals surface area contributed by atoms with Crippen LogP contribution in [0.1, 0.15) is 25.0 Å². The normalized spacial score (nSPS) is 12.0. The molecule has 0 amide bonds. The van der Waals surface area contributed by atoms with E-state index < -0.39 is 11.7 Å². The number of rotatable bonds is 7. The maximum Gasteiger partial charge on any atom is 0.418 e. The van der Waals surface area contributed by atoms with E-state index in [2.05, 4.69) is 0 Å². The molecule has 1 aromatic rings. The molecule has 120 valence electrons. The molecule has 0 aliphatic rings. The highest BCUT2D eigenvalue weighted by Crippen LogP contribution is 2.37. The second-order valence-electron chi connectivity index (χ2n) is 5.32. The van der Waals surface area contributed by atoms with E-state index >= 15 is 0 Å². The summed E-state index contributed by atoms with van der Waals surface area (Å²) in [5.41, 5.74) is 0.00324. The Hall–Kier alpha value is -0.940. The molecule has 0 N–H and O–H groups in total. The van der Waals surface area contributed by atoms with Gasteiger partial charge in [0, 0.05) is 31.8 Å². The Kier molecular flexibility index (Phi) is 6.81. The van der Waals surface area contributed by atoms with Crippen LogP contribution in [0, 0.1) is 5.92 Å². The predicted molar refractivity (Wildman–Crippen MR) is 79.9 cm³/mol. The lowest BCUT2D eigenvalue weighted by molar-refractivity contribution is -0.137. The van der Waals surface area contributed by atoms with Crippen molar-refractivity contribution in [3.8, 4) is 0 Å². The van der Waals surface area contributed by atoms with Gasteiger partial charge in [0.1, 0.15) is 0 Å². The number of ether oxygens (including phenoxy) is 1. The Bertz CT molecular complexity index is 449. The first kappa shape index (κ1) is 18.1. The fourth-order valence-corrected chi connectivity index (χ4v) is 2.29. The summed E-state index contributed by atoms with van der Waals surface area (Å²) in [6, 6.07) is 4.26. The summed E-state index contributed by atoms with van der Waals surface area (Å²) in [5, 5.41) is 0. The fraction of sp³-hybridized carbons (Fsp3) is 0.600. The van der Waals surface area contributed by atoms with E-state index in [-0.39, 0.29) is 17.5 Å². The lowest BCUT2D eigenvalue weighted by Gasteiger charge is -2.29. The SMILES string of the molecule is COCCN(CC(C)C)c1ccc(CCl)cc1C(F)(F)F. The molecule has 0 radical (unpaired) electrons. The summed E-state index contributed by atoms with van der Waals surface area (Å²) in [6.07, 6.45) is -4.40. The topological polar surface area (TPSA) is 12.5 Å². The van der Waals surface area contributed by atoms with Crippen LogP contribution in [0.15, 0.2) is 18.2 Å². The Balaban J connectivity index is 3.21. The Labute approximate surface area is 128 Å². The summed E-state index contributed by atoms with van der Waals surface area (Å²) < 4.78 is 44.9. The Morgan fingerprint density at radius 3 is 2.43 bits per heavy atom. The zero-order chi connectivity index (χ0) is 16.0. The van der Waals surface area contributed by atoms with Crippen molar-refractivity contribution < 1.29 is 17.9 Å². The zero-order valence-corrected chi connectivity index (χ0v) is 13.3. The zero-order valence-electron chi connectivity index (χ0n) is 12.5. The highest BCUT2D eigenvalue weighted by atomic mass is 35.5. The molecule has 0 spiro atoms. The highest BCUT2D eigenvalue weighted by Gasteiger charge is 2.35. The van der Waals surface area contributed by atoms with Gasteiger partial charge in [-0.25, -0.2) is 0 Å². The van der Waals surface area contributed by atoms with Crippen LogP contribution < -0.4 is 4.90 Å². The van der Waals surface area contributed by atoms with Crippen LogP contribution in [0.3, 0.4) is 0 Å². The summed E-state index contributed by atoms with van der Waals surface area (Å²) in [4.78, 5) is 1.72. The molecule has 1 aromatic carbocycles. The average Bonchev–Trinajstić information content (AvgIpc) is 2.41. The number of alkyl halides is 4. The van der Waals surface area contributed by atoms with Gasteiger partial charge in [-0.3, -0.25) is 0 Å². The molecule has 6 heteroatoms. The maximum absolute atomic E-state index is 13.3. The molecule has 0 bridgehead atoms. The Morgan fingerprint density at radius 1 is 1.29 bits per heavy atom. The fourth-order valence-electron chi connectivity index (χ4n) is 2.12. The second-order valence-corrected chi connectivity index (χ2v) is 5.58. The molecule has 0 atom stereocenters. The smallest absolute Gasteiger partial charge is 0.383 e. The van der Waals surface area contributed by atoms with E-state index in [4.69, 9.17) is 16.3 Å². The molecule has 21 heavy (non-hydrogen) atoms. The van der Waals surface area contributed by atoms with Gasteiger partial charge >= 0.3 is 6.18 Å². The van der Waals surface area contributed by atoms with Gasteiger partial charge in [-0.2, -0.15) is 13.2 Å². The van der Waals surface area contributed by atoms with E-state index in [0.717, 1.165) is 6.07 Å². The number of hydrogen-bond acceptors (Lipinski definition) is 2. The molecule has 0 saturated heterocycles. The first-order chi connectivity index (χ1) is 9.79. The van der Waals surface area contributed by atoms with Crippen LogP contribution in [0.5, 0.6) is 0 Å². The number of benzene rings is 1. The van der Waals surface area contributed by atoms with Crippen LogP contribution in [0.25, 0.3) is 0 Å². The molecule has 0 saturated carbocycles. The molecule has 1 rings (SSSR count). The molecular formula is C15H21ClF3NO. The van der Waals surface area contributed by atoms with E-state index in [1.165, 1.54) is 13.2 Å². The largest absolute Gasteiger partial charge is 0.418 e. The van der Waals surface area contributed by atoms with Gasteiger partial charge < -0.3 is 9.64 Å². The standard InChI is InChI=1S/C15H21ClF3NO/c1-11(2)10-20(6-7-21-3)14-5-4-12(9-16)8-13(14)15(17,18)19/h4-5,8,11H,6-7,9-10H2,1-3H3. The summed E-state index contributed by atoms with van der Waals surface area (Å²) in [7, 11) is 1.54. The number of nitrogens with zero attached hydrogens (tertiary/aromatic N) is 1. The predicted octanol–water partition coefficient (Wildman–Crippen LogP) is 4.55. The molecule has 0 aliphatic carbocycles. The van der Waals surface area contributed by atoms with E-state index in [0.29, 0.717) is 25.3 Å². The molecule has 0 unspecified atom stereocenters. The quantitative estimate of drug-likeness (QED) is 0.682. The van der Waals surface area contributed by atoms with Gasteiger partial charge in [0.05, 0.1) is 12.2 Å². The summed E-state index contributed by atoms with van der Waals surface area (Å²) in [6.45, 7) is 5.27. The lowest BCUT2D eigenvalue weighted by atomic mass is 10.1. The molecule has 2 nitrogen and oxygen atoms in total. The van der Waals surface area contributed by atoms with Crippen molar-refractivity contribution in [2.75, 3.05) is 31.7 Å². The summed E-state index contributed by atoms with van der Waals surface area (Å²) >= 11 is 5.65. The van der Waals surface area contributed by atoms with Gasteiger partial charge in [-0.15, -0.1) is 11.6 Å². The number of halogens is 4. The molecule has 0 fully saturated rings. The highest BCUT2D eigenvalue weighted by molar-refractivity contribution is 6.17. The van der Waals surface area contributed by atoms with Gasteiger partial charge in [0.25, 0.3) is 0 Å². The first-order valence-corrected chi connectivity index (χ1v) is 7.33. The third-order valence-electron chi connectivity index (χ3n) is 3.01. The molecule has 0 aromatic heterocycles. The average molecular weight is 324 g/mol. The molecule has 0 heterocycles. The number of anilines is 1. The van der Waals surface area contributed by atoms with Gasteiger partial charge in [-0.05, 0) is 23.6 Å². The van der Waals surface area contributed by atoms with Crippen molar-refractivity contribution >= 4 is 17.3 Å². The lowest BCUT2D eigenvalue weighted by Crippen LogP contribution is -2.32. The third-order valence-corrected chi connectivity index (χ3v) is 3.32. The van der Waals surface area contributed by atoms with Crippen molar-refractivity contribution in [3.63, 3.8) is 0 Å². The van der Waals surface area contributed by atoms with Crippen LogP contribution in [-0.2, 0) is 16.8 Å². The van der Waals surface area contributed by atoms with Crippen molar-refractivity contribution in [2.24, 2.45) is 5.92 Å². The number of methoxy groups -OCH3 is 1. The number of hydrogen-bond donors (Lipinski definition) is 0. The van der Waals surface area contributed by atoms with Crippen molar-refractivity contribution in [3.05, 3.63) is 29.3 Å². The maximum atomic E-state index is 13.3. The van der Waals surface area contributed by atoms with Crippen LogP contribution in [0.2, 0.25) is 0 Å². The van der Waals surface area contributed by atoms with E-state index in [9.17, 15) is 13.2 Å². The van der Waals surface area contributed by atoms with Crippen molar-refractivity contribution in [2.45, 2.75) is 25.9 Å². The Morgan fingerprint density at radius 2 is 1.95 bits per heavy atom. The monoisotopic (exact) mass is 323 g/mol. The minimum absolute atomic E-state index is 0.0611. The van der Waals surface area contributed by atoms with Gasteiger partial charge in [0.2, 0.25) is 0 Å². The first-order valence-electron chi connectivity index (χ1n) is 6.79. The van der Waals surface area contributed by atoms with Crippen LogP contribution in [-0.4, -0.2) is 26.8 Å². The minimum Gasteiger partial charge on any atom is -0.383 e. The van der Waals surface area contributed by atoms with Crippen LogP contribution in [0.4, 0.5) is 18.9 Å². The molecular weight excluding hydrogens is 303 g/mol.